The molecule has 20 atom stereocenters. The minimum atomic E-state index is -1.58. The van der Waals surface area contributed by atoms with Crippen molar-refractivity contribution in [2.24, 2.45) is 40.4 Å². The Labute approximate surface area is 321 Å². The Kier molecular flexibility index (Phi) is 12.0. The van der Waals surface area contributed by atoms with Crippen molar-refractivity contribution in [1.82, 2.24) is 0 Å². The molecule has 3 heterocycles. The maximum Gasteiger partial charge on any atom is 0.336 e. The van der Waals surface area contributed by atoms with Crippen LogP contribution in [0.2, 0.25) is 0 Å². The summed E-state index contributed by atoms with van der Waals surface area (Å²) >= 11 is 0. The molecule has 0 amide bonds. The number of aliphatic hydroxyl groups is 9. The summed E-state index contributed by atoms with van der Waals surface area (Å²) in [6.07, 6.45) is -6.87. The second-order valence-electron chi connectivity index (χ2n) is 18.0. The number of esters is 1. The summed E-state index contributed by atoms with van der Waals surface area (Å²) in [5.74, 6) is 0.996. The molecular weight excluding hydrogens is 720 g/mol. The molecule has 0 bridgehead atoms. The van der Waals surface area contributed by atoms with Gasteiger partial charge >= 0.3 is 5.97 Å². The topological polar surface area (TPSA) is 245 Å². The molecule has 0 aromatic heterocycles. The Balaban J connectivity index is 0.993. The lowest BCUT2D eigenvalue weighted by molar-refractivity contribution is -0.315. The number of ether oxygens (including phenoxy) is 5. The van der Waals surface area contributed by atoms with Crippen molar-refractivity contribution in [3.05, 3.63) is 22.8 Å². The fraction of sp³-hybridized carbons (Fsp3) is 0.875. The Morgan fingerprint density at radius 1 is 0.836 bits per heavy atom. The Bertz CT molecular complexity index is 1470. The largest absolute Gasteiger partial charge is 0.458 e. The van der Waals surface area contributed by atoms with Crippen molar-refractivity contribution in [2.45, 2.75) is 159 Å². The predicted octanol–water partition coefficient (Wildman–Crippen LogP) is -0.194. The van der Waals surface area contributed by atoms with Gasteiger partial charge in [0.25, 0.3) is 0 Å². The van der Waals surface area contributed by atoms with Crippen LogP contribution in [-0.2, 0) is 28.5 Å². The van der Waals surface area contributed by atoms with E-state index in [4.69, 9.17) is 23.7 Å². The minimum Gasteiger partial charge on any atom is -0.458 e. The van der Waals surface area contributed by atoms with E-state index in [0.29, 0.717) is 42.6 Å². The third-order valence-corrected chi connectivity index (χ3v) is 15.4. The number of hydrogen-bond donors (Lipinski definition) is 9. The molecule has 4 aliphatic carbocycles. The smallest absolute Gasteiger partial charge is 0.336 e. The van der Waals surface area contributed by atoms with Crippen molar-refractivity contribution < 1.29 is 74.4 Å². The highest BCUT2D eigenvalue weighted by Gasteiger charge is 2.62. The minimum absolute atomic E-state index is 0.0210. The fourth-order valence-corrected chi connectivity index (χ4v) is 12.0. The summed E-state index contributed by atoms with van der Waals surface area (Å²) in [5, 5.41) is 92.5. The molecule has 0 aromatic carbocycles. The first-order valence-electron chi connectivity index (χ1n) is 20.2. The van der Waals surface area contributed by atoms with E-state index in [9.17, 15) is 50.8 Å². The van der Waals surface area contributed by atoms with E-state index < -0.39 is 98.2 Å². The first-order valence-corrected chi connectivity index (χ1v) is 20.2. The van der Waals surface area contributed by atoms with E-state index in [1.165, 1.54) is 0 Å². The van der Waals surface area contributed by atoms with E-state index >= 15 is 0 Å². The number of carbonyl (C=O) groups is 1. The van der Waals surface area contributed by atoms with E-state index in [1.807, 2.05) is 6.92 Å². The molecule has 2 saturated heterocycles. The van der Waals surface area contributed by atoms with Crippen LogP contribution in [0.15, 0.2) is 22.8 Å². The van der Waals surface area contributed by atoms with Crippen molar-refractivity contribution >= 4 is 5.97 Å². The summed E-state index contributed by atoms with van der Waals surface area (Å²) < 4.78 is 29.0. The number of aliphatic hydroxyl groups excluding tert-OH is 9. The molecule has 7 rings (SSSR count). The molecule has 7 aliphatic rings. The van der Waals surface area contributed by atoms with Gasteiger partial charge in [-0.25, -0.2) is 4.79 Å². The zero-order valence-corrected chi connectivity index (χ0v) is 32.2. The lowest BCUT2D eigenvalue weighted by atomic mass is 9.46. The number of allylic oxidation sites excluding steroid dienone is 1. The average molecular weight is 783 g/mol. The lowest BCUT2D eigenvalue weighted by Crippen LogP contribution is -2.60. The van der Waals surface area contributed by atoms with Crippen molar-refractivity contribution in [3.63, 3.8) is 0 Å². The van der Waals surface area contributed by atoms with Crippen LogP contribution in [0.5, 0.6) is 0 Å². The van der Waals surface area contributed by atoms with Gasteiger partial charge in [0, 0.05) is 18.3 Å². The van der Waals surface area contributed by atoms with E-state index in [-0.39, 0.29) is 30.0 Å². The van der Waals surface area contributed by atoms with Gasteiger partial charge in [0.05, 0.1) is 37.6 Å². The normalized spacial score (nSPS) is 50.7. The quantitative estimate of drug-likeness (QED) is 0.109. The monoisotopic (exact) mass is 782 g/mol. The van der Waals surface area contributed by atoms with Crippen LogP contribution in [0.25, 0.3) is 0 Å². The van der Waals surface area contributed by atoms with Gasteiger partial charge in [0.1, 0.15) is 54.9 Å². The molecule has 1 unspecified atom stereocenters. The molecule has 3 saturated carbocycles. The molecule has 0 aromatic rings. The Morgan fingerprint density at radius 3 is 2.11 bits per heavy atom. The van der Waals surface area contributed by atoms with Crippen LogP contribution >= 0.6 is 0 Å². The maximum absolute atomic E-state index is 13.4. The highest BCUT2D eigenvalue weighted by atomic mass is 16.7. The SMILES string of the molecule is CC1=C(CO[C@@H]2O[C@H](CO)[C@@H](O)[C@H](O)[C@H]2O)C(=O)OC([C@@H](C)[C@H]2CC[C@H]3[C@@H]4CC=C5C[C@@H](O[C@@H]6O[C@H](CO)[C@@H](O)[C@H](O)[C@H]6O)C[C@H](O)[C@]5(C)[C@H]4CC[C@]23C)C1. The zero-order chi connectivity index (χ0) is 39.7. The molecule has 15 nitrogen and oxygen atoms in total. The summed E-state index contributed by atoms with van der Waals surface area (Å²) in [4.78, 5) is 13.4. The van der Waals surface area contributed by atoms with Crippen LogP contribution in [-0.4, -0.2) is 151 Å². The van der Waals surface area contributed by atoms with Crippen molar-refractivity contribution in [1.29, 1.82) is 0 Å². The fourth-order valence-electron chi connectivity index (χ4n) is 12.0. The van der Waals surface area contributed by atoms with Gasteiger partial charge in [-0.3, -0.25) is 0 Å². The summed E-state index contributed by atoms with van der Waals surface area (Å²) in [6.45, 7) is 7.30. The highest BCUT2D eigenvalue weighted by molar-refractivity contribution is 5.90. The Morgan fingerprint density at radius 2 is 1.47 bits per heavy atom. The first kappa shape index (κ1) is 41.6. The van der Waals surface area contributed by atoms with Crippen LogP contribution < -0.4 is 0 Å². The van der Waals surface area contributed by atoms with Gasteiger partial charge in [0.15, 0.2) is 12.6 Å². The van der Waals surface area contributed by atoms with Gasteiger partial charge in [-0.05, 0) is 80.5 Å². The molecule has 312 valence electrons. The second-order valence-corrected chi connectivity index (χ2v) is 18.0. The van der Waals surface area contributed by atoms with Gasteiger partial charge in [-0.2, -0.15) is 0 Å². The number of fused-ring (bicyclic) bond motifs is 5. The van der Waals surface area contributed by atoms with Crippen molar-refractivity contribution in [3.8, 4) is 0 Å². The zero-order valence-electron chi connectivity index (χ0n) is 32.2. The molecule has 0 radical (unpaired) electrons. The molecule has 55 heavy (non-hydrogen) atoms. The lowest BCUT2D eigenvalue weighted by Gasteiger charge is -2.60. The maximum atomic E-state index is 13.4. The predicted molar refractivity (Wildman–Crippen MR) is 191 cm³/mol. The third-order valence-electron chi connectivity index (χ3n) is 15.4. The van der Waals surface area contributed by atoms with Crippen LogP contribution in [0.1, 0.15) is 79.1 Å². The summed E-state index contributed by atoms with van der Waals surface area (Å²) in [5.41, 5.74) is 1.85. The third kappa shape index (κ3) is 7.06. The van der Waals surface area contributed by atoms with Gasteiger partial charge in [-0.15, -0.1) is 0 Å². The number of rotatable bonds is 9. The standard InChI is InChI=1S/C40H62O15/c1-17-11-26(53-36(50)22(17)16-51-37-34(48)32(46)30(44)27(14-41)54-37)18(2)23-7-8-24-21-6-5-19-12-20(52-38-35(49)33(47)31(45)28(15-42)55-38)13-29(43)40(19,4)25(21)9-10-39(23,24)3/h5,18,20-21,23-35,37-38,41-49H,6-16H2,1-4H3/t18-,20+,21-,23+,24-,25-,26?,27+,28+,29-,30+,31+,32-,33-,34+,35+,37+,38+,39+,40-/m0/s1. The number of cyclic esters (lactones) is 1. The van der Waals surface area contributed by atoms with Crippen LogP contribution in [0.3, 0.4) is 0 Å². The summed E-state index contributed by atoms with van der Waals surface area (Å²) in [6, 6.07) is 0. The van der Waals surface area contributed by atoms with E-state index in [1.54, 1.807) is 0 Å². The van der Waals surface area contributed by atoms with Crippen molar-refractivity contribution in [2.75, 3.05) is 19.8 Å². The first-order chi connectivity index (χ1) is 26.0. The van der Waals surface area contributed by atoms with E-state index in [0.717, 1.165) is 43.3 Å². The number of hydrogen-bond acceptors (Lipinski definition) is 15. The summed E-state index contributed by atoms with van der Waals surface area (Å²) in [7, 11) is 0. The van der Waals surface area contributed by atoms with E-state index in [2.05, 4.69) is 26.8 Å². The molecule has 0 spiro atoms. The van der Waals surface area contributed by atoms with Gasteiger partial charge in [0.2, 0.25) is 0 Å². The second kappa shape index (κ2) is 15.9. The molecule has 9 N–H and O–H groups in total. The molecular formula is C40H62O15. The van der Waals surface area contributed by atoms with Gasteiger partial charge in [-0.1, -0.05) is 38.0 Å². The molecule has 15 heteroatoms. The number of carbonyl (C=O) groups excluding carboxylic acids is 1. The molecule has 5 fully saturated rings. The Hall–Kier alpha value is -1.57. The molecule has 3 aliphatic heterocycles. The highest BCUT2D eigenvalue weighted by Crippen LogP contribution is 2.67. The van der Waals surface area contributed by atoms with Crippen LogP contribution in [0.4, 0.5) is 0 Å². The average Bonchev–Trinajstić information content (AvgIpc) is 3.51. The van der Waals surface area contributed by atoms with Gasteiger partial charge < -0.3 is 69.6 Å². The van der Waals surface area contributed by atoms with Crippen LogP contribution in [0, 0.1) is 40.4 Å².